The first kappa shape index (κ1) is 12.4. The van der Waals surface area contributed by atoms with Gasteiger partial charge in [-0.15, -0.1) is 0 Å². The van der Waals surface area contributed by atoms with E-state index in [9.17, 15) is 9.59 Å². The average molecular weight is 266 g/mol. The van der Waals surface area contributed by atoms with Gasteiger partial charge in [0.25, 0.3) is 5.56 Å². The maximum absolute atomic E-state index is 11.9. The minimum atomic E-state index is -0.264. The van der Waals surface area contributed by atoms with Crippen LogP contribution in [0.4, 0.5) is 11.4 Å². The van der Waals surface area contributed by atoms with Crippen LogP contribution in [0, 0.1) is 6.92 Å². The minimum Gasteiger partial charge on any atom is -0.298 e. The SMILES string of the molecule is Cc1[nH]n(C)c(=O)c1N(C=O)c1cccc(Cl)c1. The first-order chi connectivity index (χ1) is 8.54. The Kier molecular flexibility index (Phi) is 3.25. The Bertz CT molecular complexity index is 645. The molecule has 1 amide bonds. The third-order valence-electron chi connectivity index (χ3n) is 2.63. The molecule has 0 radical (unpaired) electrons. The number of nitrogens with zero attached hydrogens (tertiary/aromatic N) is 2. The van der Waals surface area contributed by atoms with E-state index in [2.05, 4.69) is 5.10 Å². The van der Waals surface area contributed by atoms with Crippen LogP contribution in [0.5, 0.6) is 0 Å². The van der Waals surface area contributed by atoms with E-state index >= 15 is 0 Å². The standard InChI is InChI=1S/C12H12ClN3O2/c1-8-11(12(18)15(2)14-8)16(7-17)10-5-3-4-9(13)6-10/h3-7,14H,1-2H3. The normalized spacial score (nSPS) is 10.4. The van der Waals surface area contributed by atoms with E-state index in [1.807, 2.05) is 0 Å². The van der Waals surface area contributed by atoms with Gasteiger partial charge in [-0.2, -0.15) is 0 Å². The molecule has 0 saturated carbocycles. The van der Waals surface area contributed by atoms with Gasteiger partial charge in [0.1, 0.15) is 5.69 Å². The van der Waals surface area contributed by atoms with Crippen LogP contribution < -0.4 is 10.5 Å². The molecular weight excluding hydrogens is 254 g/mol. The van der Waals surface area contributed by atoms with E-state index in [0.29, 0.717) is 28.5 Å². The number of aromatic amines is 1. The Labute approximate surface area is 109 Å². The van der Waals surface area contributed by atoms with Gasteiger partial charge < -0.3 is 0 Å². The Hall–Kier alpha value is -2.01. The van der Waals surface area contributed by atoms with Crippen molar-refractivity contribution in [2.75, 3.05) is 4.90 Å². The fourth-order valence-electron chi connectivity index (χ4n) is 1.83. The maximum atomic E-state index is 11.9. The van der Waals surface area contributed by atoms with Gasteiger partial charge in [0.15, 0.2) is 0 Å². The number of carbonyl (C=O) groups excluding carboxylic acids is 1. The van der Waals surface area contributed by atoms with Crippen LogP contribution in [-0.2, 0) is 11.8 Å². The minimum absolute atomic E-state index is 0.264. The first-order valence-corrected chi connectivity index (χ1v) is 5.68. The molecule has 2 aromatic rings. The summed E-state index contributed by atoms with van der Waals surface area (Å²) < 4.78 is 1.33. The monoisotopic (exact) mass is 265 g/mol. The van der Waals surface area contributed by atoms with Crippen LogP contribution in [-0.4, -0.2) is 16.2 Å². The fourth-order valence-corrected chi connectivity index (χ4v) is 2.01. The van der Waals surface area contributed by atoms with Gasteiger partial charge >= 0.3 is 0 Å². The highest BCUT2D eigenvalue weighted by Gasteiger charge is 2.18. The van der Waals surface area contributed by atoms with Gasteiger partial charge in [-0.25, -0.2) is 0 Å². The summed E-state index contributed by atoms with van der Waals surface area (Å²) in [5.41, 5.74) is 1.21. The number of hydrogen-bond donors (Lipinski definition) is 1. The topological polar surface area (TPSA) is 58.1 Å². The number of aromatic nitrogens is 2. The number of amides is 1. The predicted octanol–water partition coefficient (Wildman–Crippen LogP) is 1.97. The second-order valence-corrected chi connectivity index (χ2v) is 4.34. The summed E-state index contributed by atoms with van der Waals surface area (Å²) in [7, 11) is 1.60. The van der Waals surface area contributed by atoms with Crippen molar-refractivity contribution in [3.05, 3.63) is 45.3 Å². The second-order valence-electron chi connectivity index (χ2n) is 3.90. The summed E-state index contributed by atoms with van der Waals surface area (Å²) in [6, 6.07) is 6.77. The van der Waals surface area contributed by atoms with Gasteiger partial charge in [-0.1, -0.05) is 17.7 Å². The lowest BCUT2D eigenvalue weighted by molar-refractivity contribution is -0.106. The van der Waals surface area contributed by atoms with E-state index in [1.165, 1.54) is 9.58 Å². The number of carbonyl (C=O) groups is 1. The molecule has 1 aromatic heterocycles. The average Bonchev–Trinajstić information content (AvgIpc) is 2.57. The molecule has 18 heavy (non-hydrogen) atoms. The quantitative estimate of drug-likeness (QED) is 0.863. The molecule has 0 aliphatic rings. The van der Waals surface area contributed by atoms with Gasteiger partial charge in [-0.05, 0) is 25.1 Å². The van der Waals surface area contributed by atoms with Crippen molar-refractivity contribution in [2.24, 2.45) is 7.05 Å². The first-order valence-electron chi connectivity index (χ1n) is 5.30. The molecule has 0 fully saturated rings. The molecular formula is C12H12ClN3O2. The van der Waals surface area contributed by atoms with Gasteiger partial charge in [0, 0.05) is 12.1 Å². The summed E-state index contributed by atoms with van der Waals surface area (Å²) in [6.07, 6.45) is 0.600. The van der Waals surface area contributed by atoms with E-state index in [-0.39, 0.29) is 5.56 Å². The lowest BCUT2D eigenvalue weighted by Gasteiger charge is -2.15. The molecule has 2 rings (SSSR count). The number of hydrogen-bond acceptors (Lipinski definition) is 2. The molecule has 0 bridgehead atoms. The zero-order chi connectivity index (χ0) is 13.3. The smallest absolute Gasteiger partial charge is 0.290 e. The van der Waals surface area contributed by atoms with Crippen molar-refractivity contribution in [1.82, 2.24) is 9.78 Å². The maximum Gasteiger partial charge on any atom is 0.290 e. The zero-order valence-corrected chi connectivity index (χ0v) is 10.7. The molecule has 0 saturated heterocycles. The number of anilines is 2. The van der Waals surface area contributed by atoms with Gasteiger partial charge in [0.2, 0.25) is 6.41 Å². The third-order valence-corrected chi connectivity index (χ3v) is 2.87. The Balaban J connectivity index is 2.59. The molecule has 0 unspecified atom stereocenters. The highest BCUT2D eigenvalue weighted by Crippen LogP contribution is 2.25. The number of benzene rings is 1. The predicted molar refractivity (Wildman–Crippen MR) is 70.4 cm³/mol. The molecule has 1 N–H and O–H groups in total. The van der Waals surface area contributed by atoms with Crippen LogP contribution >= 0.6 is 11.6 Å². The van der Waals surface area contributed by atoms with Crippen LogP contribution in [0.25, 0.3) is 0 Å². The van der Waals surface area contributed by atoms with Crippen molar-refractivity contribution in [3.8, 4) is 0 Å². The van der Waals surface area contributed by atoms with Crippen LogP contribution in [0.2, 0.25) is 5.02 Å². The van der Waals surface area contributed by atoms with Crippen molar-refractivity contribution in [1.29, 1.82) is 0 Å². The summed E-state index contributed by atoms with van der Waals surface area (Å²) in [6.45, 7) is 1.73. The third kappa shape index (κ3) is 2.04. The van der Waals surface area contributed by atoms with Crippen molar-refractivity contribution in [3.63, 3.8) is 0 Å². The Morgan fingerprint density at radius 2 is 2.17 bits per heavy atom. The van der Waals surface area contributed by atoms with Crippen molar-refractivity contribution >= 4 is 29.4 Å². The molecule has 1 heterocycles. The lowest BCUT2D eigenvalue weighted by Crippen LogP contribution is -2.23. The number of nitrogens with one attached hydrogen (secondary N) is 1. The zero-order valence-electron chi connectivity index (χ0n) is 9.98. The summed E-state index contributed by atoms with van der Waals surface area (Å²) in [5, 5.41) is 3.35. The second kappa shape index (κ2) is 4.70. The number of rotatable bonds is 3. The lowest BCUT2D eigenvalue weighted by atomic mass is 10.2. The highest BCUT2D eigenvalue weighted by atomic mass is 35.5. The Morgan fingerprint density at radius 1 is 1.44 bits per heavy atom. The molecule has 0 spiro atoms. The van der Waals surface area contributed by atoms with E-state index in [0.717, 1.165) is 0 Å². The molecule has 1 aromatic carbocycles. The molecule has 0 atom stereocenters. The number of H-pyrrole nitrogens is 1. The largest absolute Gasteiger partial charge is 0.298 e. The number of aryl methyl sites for hydroxylation is 2. The molecule has 6 heteroatoms. The van der Waals surface area contributed by atoms with Crippen LogP contribution in [0.1, 0.15) is 5.69 Å². The van der Waals surface area contributed by atoms with Crippen molar-refractivity contribution < 1.29 is 4.79 Å². The molecule has 5 nitrogen and oxygen atoms in total. The summed E-state index contributed by atoms with van der Waals surface area (Å²) >= 11 is 5.88. The fraction of sp³-hybridized carbons (Fsp3) is 0.167. The van der Waals surface area contributed by atoms with E-state index in [4.69, 9.17) is 11.6 Å². The summed E-state index contributed by atoms with van der Waals surface area (Å²) in [5.74, 6) is 0. The molecule has 0 aliphatic carbocycles. The summed E-state index contributed by atoms with van der Waals surface area (Å²) in [4.78, 5) is 24.5. The molecule has 0 aliphatic heterocycles. The van der Waals surface area contributed by atoms with Gasteiger partial charge in [0.05, 0.1) is 11.4 Å². The van der Waals surface area contributed by atoms with E-state index in [1.54, 1.807) is 38.2 Å². The van der Waals surface area contributed by atoms with Crippen LogP contribution in [0.15, 0.2) is 29.1 Å². The van der Waals surface area contributed by atoms with Gasteiger partial charge in [-0.3, -0.25) is 24.3 Å². The highest BCUT2D eigenvalue weighted by molar-refractivity contribution is 6.30. The van der Waals surface area contributed by atoms with Crippen LogP contribution in [0.3, 0.4) is 0 Å². The number of halogens is 1. The van der Waals surface area contributed by atoms with E-state index < -0.39 is 0 Å². The molecule has 94 valence electrons. The Morgan fingerprint density at radius 3 is 2.67 bits per heavy atom. The van der Waals surface area contributed by atoms with Crippen molar-refractivity contribution in [2.45, 2.75) is 6.92 Å².